The number of fused-ring (bicyclic) bond motifs is 2. The van der Waals surface area contributed by atoms with E-state index in [0.29, 0.717) is 10.8 Å². The van der Waals surface area contributed by atoms with Crippen molar-refractivity contribution in [2.45, 2.75) is 12.8 Å². The Bertz CT molecular complexity index is 917. The van der Waals surface area contributed by atoms with Gasteiger partial charge >= 0.3 is 11.9 Å². The van der Waals surface area contributed by atoms with Crippen LogP contribution in [-0.2, 0) is 9.59 Å². The number of hydrogen-bond acceptors (Lipinski definition) is 3. The summed E-state index contributed by atoms with van der Waals surface area (Å²) in [6, 6.07) is 14.8. The first kappa shape index (κ1) is 15.3. The zero-order valence-electron chi connectivity index (χ0n) is 12.1. The maximum Gasteiger partial charge on any atom is 0.311 e. The SMILES string of the molecule is O=C(O)CCC(=O)Oc1c2ccccc2cc2c(Cl)cccc12. The van der Waals surface area contributed by atoms with E-state index in [2.05, 4.69) is 0 Å². The van der Waals surface area contributed by atoms with E-state index >= 15 is 0 Å². The second-order valence-electron chi connectivity index (χ2n) is 5.13. The van der Waals surface area contributed by atoms with Crippen LogP contribution in [0, 0.1) is 0 Å². The number of rotatable bonds is 4. The third-order valence-corrected chi connectivity index (χ3v) is 3.89. The molecule has 0 aliphatic rings. The number of halogens is 1. The van der Waals surface area contributed by atoms with Gasteiger partial charge in [0.1, 0.15) is 5.75 Å². The van der Waals surface area contributed by atoms with Crippen molar-refractivity contribution >= 4 is 45.1 Å². The van der Waals surface area contributed by atoms with Gasteiger partial charge in [0.15, 0.2) is 0 Å². The zero-order valence-corrected chi connectivity index (χ0v) is 12.8. The highest BCUT2D eigenvalue weighted by Crippen LogP contribution is 2.37. The predicted octanol–water partition coefficient (Wildman–Crippen LogP) is 4.42. The summed E-state index contributed by atoms with van der Waals surface area (Å²) in [4.78, 5) is 22.6. The molecule has 0 aliphatic carbocycles. The van der Waals surface area contributed by atoms with Crippen LogP contribution in [0.5, 0.6) is 5.75 Å². The van der Waals surface area contributed by atoms with Crippen LogP contribution in [-0.4, -0.2) is 17.0 Å². The van der Waals surface area contributed by atoms with Crippen LogP contribution in [0.3, 0.4) is 0 Å². The summed E-state index contributed by atoms with van der Waals surface area (Å²) in [5.41, 5.74) is 0. The molecule has 0 saturated carbocycles. The number of aliphatic carboxylic acids is 1. The van der Waals surface area contributed by atoms with Crippen molar-refractivity contribution in [3.05, 3.63) is 53.6 Å². The van der Waals surface area contributed by atoms with E-state index in [4.69, 9.17) is 21.4 Å². The summed E-state index contributed by atoms with van der Waals surface area (Å²) in [7, 11) is 0. The van der Waals surface area contributed by atoms with Gasteiger partial charge in [-0.3, -0.25) is 9.59 Å². The molecule has 1 N–H and O–H groups in total. The maximum atomic E-state index is 12.0. The molecular formula is C18H13ClO4. The molecule has 116 valence electrons. The molecule has 3 aromatic rings. The van der Waals surface area contributed by atoms with Gasteiger partial charge in [-0.05, 0) is 17.5 Å². The Labute approximate surface area is 137 Å². The fourth-order valence-corrected chi connectivity index (χ4v) is 2.72. The minimum Gasteiger partial charge on any atom is -0.481 e. The van der Waals surface area contributed by atoms with E-state index in [-0.39, 0.29) is 12.8 Å². The fourth-order valence-electron chi connectivity index (χ4n) is 2.50. The molecule has 0 aromatic heterocycles. The van der Waals surface area contributed by atoms with E-state index in [1.165, 1.54) is 0 Å². The van der Waals surface area contributed by atoms with Crippen LogP contribution >= 0.6 is 11.6 Å². The Hall–Kier alpha value is -2.59. The van der Waals surface area contributed by atoms with E-state index in [1.54, 1.807) is 12.1 Å². The van der Waals surface area contributed by atoms with Crippen LogP contribution in [0.1, 0.15) is 12.8 Å². The van der Waals surface area contributed by atoms with Crippen LogP contribution < -0.4 is 4.74 Å². The van der Waals surface area contributed by atoms with Gasteiger partial charge in [-0.25, -0.2) is 0 Å². The van der Waals surface area contributed by atoms with Gasteiger partial charge in [0.25, 0.3) is 0 Å². The molecule has 0 saturated heterocycles. The number of esters is 1. The first-order chi connectivity index (χ1) is 11.1. The molecule has 3 aromatic carbocycles. The van der Waals surface area contributed by atoms with Gasteiger partial charge in [0.2, 0.25) is 0 Å². The Morgan fingerprint density at radius 2 is 1.70 bits per heavy atom. The Balaban J connectivity index is 2.13. The molecule has 5 heteroatoms. The third-order valence-electron chi connectivity index (χ3n) is 3.56. The molecule has 0 aliphatic heterocycles. The number of carboxylic acids is 1. The van der Waals surface area contributed by atoms with E-state index in [9.17, 15) is 9.59 Å². The van der Waals surface area contributed by atoms with Crippen molar-refractivity contribution in [2.75, 3.05) is 0 Å². The highest BCUT2D eigenvalue weighted by atomic mass is 35.5. The first-order valence-electron chi connectivity index (χ1n) is 7.08. The lowest BCUT2D eigenvalue weighted by Crippen LogP contribution is -2.10. The molecule has 3 rings (SSSR count). The standard InChI is InChI=1S/C18H13ClO4/c19-15-7-3-6-13-14(15)10-11-4-1-2-5-12(11)18(13)23-17(22)9-8-16(20)21/h1-7,10H,8-9H2,(H,20,21). The van der Waals surface area contributed by atoms with Gasteiger partial charge in [0.05, 0.1) is 12.8 Å². The minimum absolute atomic E-state index is 0.180. The number of carbonyl (C=O) groups is 2. The van der Waals surface area contributed by atoms with Crippen LogP contribution in [0.4, 0.5) is 0 Å². The topological polar surface area (TPSA) is 63.6 Å². The molecule has 0 heterocycles. The summed E-state index contributed by atoms with van der Waals surface area (Å²) in [5.74, 6) is -1.20. The van der Waals surface area contributed by atoms with E-state index < -0.39 is 11.9 Å². The number of carbonyl (C=O) groups excluding carboxylic acids is 1. The van der Waals surface area contributed by atoms with Gasteiger partial charge in [-0.2, -0.15) is 0 Å². The van der Waals surface area contributed by atoms with Crippen molar-refractivity contribution in [3.8, 4) is 5.75 Å². The lowest BCUT2D eigenvalue weighted by atomic mass is 10.0. The molecule has 0 radical (unpaired) electrons. The quantitative estimate of drug-likeness (QED) is 0.437. The molecule has 0 fully saturated rings. The van der Waals surface area contributed by atoms with Crippen molar-refractivity contribution in [3.63, 3.8) is 0 Å². The molecule has 0 amide bonds. The Morgan fingerprint density at radius 1 is 0.957 bits per heavy atom. The summed E-state index contributed by atoms with van der Waals surface area (Å²) < 4.78 is 5.49. The molecule has 0 spiro atoms. The molecule has 4 nitrogen and oxygen atoms in total. The largest absolute Gasteiger partial charge is 0.481 e. The minimum atomic E-state index is -1.03. The van der Waals surface area contributed by atoms with E-state index in [0.717, 1.165) is 21.5 Å². The molecule has 0 bridgehead atoms. The number of benzene rings is 3. The maximum absolute atomic E-state index is 12.0. The van der Waals surface area contributed by atoms with Gasteiger partial charge in [-0.1, -0.05) is 48.0 Å². The van der Waals surface area contributed by atoms with Crippen molar-refractivity contribution < 1.29 is 19.4 Å². The highest BCUT2D eigenvalue weighted by molar-refractivity contribution is 6.36. The first-order valence-corrected chi connectivity index (χ1v) is 7.46. The second-order valence-corrected chi connectivity index (χ2v) is 5.54. The van der Waals surface area contributed by atoms with Crippen molar-refractivity contribution in [2.24, 2.45) is 0 Å². The predicted molar refractivity (Wildman–Crippen MR) is 89.0 cm³/mol. The third kappa shape index (κ3) is 3.12. The van der Waals surface area contributed by atoms with Crippen molar-refractivity contribution in [1.82, 2.24) is 0 Å². The fraction of sp³-hybridized carbons (Fsp3) is 0.111. The smallest absolute Gasteiger partial charge is 0.311 e. The van der Waals surface area contributed by atoms with Gasteiger partial charge in [-0.15, -0.1) is 0 Å². The van der Waals surface area contributed by atoms with E-state index in [1.807, 2.05) is 36.4 Å². The lowest BCUT2D eigenvalue weighted by Gasteiger charge is -2.12. The van der Waals surface area contributed by atoms with Crippen LogP contribution in [0.2, 0.25) is 5.02 Å². The second kappa shape index (κ2) is 6.26. The summed E-state index contributed by atoms with van der Waals surface area (Å²) in [6.07, 6.45) is -0.442. The molecule has 23 heavy (non-hydrogen) atoms. The molecule has 0 unspecified atom stereocenters. The Morgan fingerprint density at radius 3 is 2.48 bits per heavy atom. The number of hydrogen-bond donors (Lipinski definition) is 1. The Kier molecular flexibility index (Phi) is 4.17. The average Bonchev–Trinajstić information content (AvgIpc) is 2.54. The van der Waals surface area contributed by atoms with Crippen LogP contribution in [0.25, 0.3) is 21.5 Å². The normalized spacial score (nSPS) is 10.8. The van der Waals surface area contributed by atoms with Crippen molar-refractivity contribution in [1.29, 1.82) is 0 Å². The lowest BCUT2D eigenvalue weighted by molar-refractivity contribution is -0.142. The summed E-state index contributed by atoms with van der Waals surface area (Å²) in [5, 5.41) is 12.4. The monoisotopic (exact) mass is 328 g/mol. The average molecular weight is 329 g/mol. The molecular weight excluding hydrogens is 316 g/mol. The summed E-state index contributed by atoms with van der Waals surface area (Å²) >= 11 is 6.25. The number of ether oxygens (including phenoxy) is 1. The summed E-state index contributed by atoms with van der Waals surface area (Å²) in [6.45, 7) is 0. The highest BCUT2D eigenvalue weighted by Gasteiger charge is 2.15. The molecule has 0 atom stereocenters. The van der Waals surface area contributed by atoms with Gasteiger partial charge in [0, 0.05) is 21.2 Å². The van der Waals surface area contributed by atoms with Gasteiger partial charge < -0.3 is 9.84 Å². The van der Waals surface area contributed by atoms with Crippen LogP contribution in [0.15, 0.2) is 48.5 Å². The number of carboxylic acid groups (broad SMARTS) is 1. The zero-order chi connectivity index (χ0) is 16.4.